The lowest BCUT2D eigenvalue weighted by molar-refractivity contribution is 0.443. The van der Waals surface area contributed by atoms with Crippen LogP contribution >= 0.6 is 11.6 Å². The van der Waals surface area contributed by atoms with Crippen LogP contribution in [0.2, 0.25) is 0 Å². The Morgan fingerprint density at radius 1 is 1.17 bits per heavy atom. The summed E-state index contributed by atoms with van der Waals surface area (Å²) in [7, 11) is 0. The molecule has 1 aromatic carbocycles. The van der Waals surface area contributed by atoms with Gasteiger partial charge in [0, 0.05) is 5.88 Å². The average Bonchev–Trinajstić information content (AvgIpc) is 2.46. The molecule has 0 unspecified atom stereocenters. The first-order valence-corrected chi connectivity index (χ1v) is 7.68. The Morgan fingerprint density at radius 2 is 1.83 bits per heavy atom. The highest BCUT2D eigenvalue weighted by Crippen LogP contribution is 2.33. The lowest BCUT2D eigenvalue weighted by atomic mass is 9.84. The van der Waals surface area contributed by atoms with Gasteiger partial charge in [0.05, 0.1) is 0 Å². The molecule has 0 aliphatic heterocycles. The molecule has 1 aliphatic rings. The van der Waals surface area contributed by atoms with Gasteiger partial charge in [-0.15, -0.1) is 11.6 Å². The summed E-state index contributed by atoms with van der Waals surface area (Å²) in [4.78, 5) is 0. The van der Waals surface area contributed by atoms with Crippen molar-refractivity contribution < 1.29 is 0 Å². The maximum Gasteiger partial charge on any atom is 0.0258 e. The predicted molar refractivity (Wildman–Crippen MR) is 81.3 cm³/mol. The van der Waals surface area contributed by atoms with E-state index in [1.165, 1.54) is 48.8 Å². The number of allylic oxidation sites excluding steroid dienone is 2. The standard InChI is InChI=1S/C17H23Cl/c1-14(6-5-13-18)15-9-11-17(12-10-15)16-7-3-2-4-8-16/h6,9-12,16H,2-5,7-8,13H2,1H3/b14-6+. The quantitative estimate of drug-likeness (QED) is 0.605. The van der Waals surface area contributed by atoms with E-state index < -0.39 is 0 Å². The molecule has 1 fully saturated rings. The lowest BCUT2D eigenvalue weighted by Gasteiger charge is -2.22. The second-order valence-corrected chi connectivity index (χ2v) is 5.70. The highest BCUT2D eigenvalue weighted by molar-refractivity contribution is 6.17. The van der Waals surface area contributed by atoms with Gasteiger partial charge in [-0.3, -0.25) is 0 Å². The Kier molecular flexibility index (Phi) is 5.31. The molecule has 1 heteroatoms. The molecule has 98 valence electrons. The van der Waals surface area contributed by atoms with Gasteiger partial charge in [-0.25, -0.2) is 0 Å². The van der Waals surface area contributed by atoms with Crippen molar-refractivity contribution in [1.82, 2.24) is 0 Å². The summed E-state index contributed by atoms with van der Waals surface area (Å²) >= 11 is 5.72. The summed E-state index contributed by atoms with van der Waals surface area (Å²) in [6.45, 7) is 2.17. The van der Waals surface area contributed by atoms with E-state index >= 15 is 0 Å². The van der Waals surface area contributed by atoms with Gasteiger partial charge in [0.25, 0.3) is 0 Å². The minimum absolute atomic E-state index is 0.706. The van der Waals surface area contributed by atoms with E-state index in [4.69, 9.17) is 11.6 Å². The maximum atomic E-state index is 5.72. The Labute approximate surface area is 116 Å². The van der Waals surface area contributed by atoms with Gasteiger partial charge >= 0.3 is 0 Å². The number of alkyl halides is 1. The van der Waals surface area contributed by atoms with Crippen LogP contribution in [0.5, 0.6) is 0 Å². The third kappa shape index (κ3) is 3.62. The van der Waals surface area contributed by atoms with Crippen LogP contribution in [0.4, 0.5) is 0 Å². The van der Waals surface area contributed by atoms with E-state index in [9.17, 15) is 0 Å². The zero-order valence-corrected chi connectivity index (χ0v) is 12.0. The molecule has 0 aromatic heterocycles. The summed E-state index contributed by atoms with van der Waals surface area (Å²) < 4.78 is 0. The molecular formula is C17H23Cl. The molecule has 0 saturated heterocycles. The van der Waals surface area contributed by atoms with Crippen LogP contribution in [0, 0.1) is 0 Å². The van der Waals surface area contributed by atoms with Crippen LogP contribution in [0.15, 0.2) is 30.3 Å². The Morgan fingerprint density at radius 3 is 2.44 bits per heavy atom. The third-order valence-electron chi connectivity index (χ3n) is 4.00. The van der Waals surface area contributed by atoms with Crippen LogP contribution in [-0.4, -0.2) is 5.88 Å². The van der Waals surface area contributed by atoms with Crippen LogP contribution in [0.3, 0.4) is 0 Å². The monoisotopic (exact) mass is 262 g/mol. The van der Waals surface area contributed by atoms with Crippen molar-refractivity contribution in [2.45, 2.75) is 51.4 Å². The van der Waals surface area contributed by atoms with Crippen molar-refractivity contribution >= 4 is 17.2 Å². The van der Waals surface area contributed by atoms with Gasteiger partial charge in [-0.1, -0.05) is 49.6 Å². The molecule has 0 amide bonds. The Balaban J connectivity index is 2.04. The van der Waals surface area contributed by atoms with Gasteiger partial charge < -0.3 is 0 Å². The van der Waals surface area contributed by atoms with Crippen molar-refractivity contribution in [2.75, 3.05) is 5.88 Å². The van der Waals surface area contributed by atoms with E-state index in [0.29, 0.717) is 5.88 Å². The van der Waals surface area contributed by atoms with E-state index in [0.717, 1.165) is 12.3 Å². The fourth-order valence-electron chi connectivity index (χ4n) is 2.84. The van der Waals surface area contributed by atoms with Crippen molar-refractivity contribution in [3.8, 4) is 0 Å². The Bertz CT molecular complexity index is 383. The van der Waals surface area contributed by atoms with Gasteiger partial charge in [0.2, 0.25) is 0 Å². The number of rotatable bonds is 4. The van der Waals surface area contributed by atoms with Gasteiger partial charge in [-0.2, -0.15) is 0 Å². The summed E-state index contributed by atoms with van der Waals surface area (Å²) in [6.07, 6.45) is 10.2. The number of halogens is 1. The largest absolute Gasteiger partial charge is 0.126 e. The SMILES string of the molecule is C/C(=C\CCCl)c1ccc(C2CCCCC2)cc1. The molecule has 18 heavy (non-hydrogen) atoms. The zero-order chi connectivity index (χ0) is 12.8. The molecule has 0 spiro atoms. The summed E-state index contributed by atoms with van der Waals surface area (Å²) in [5.74, 6) is 1.51. The van der Waals surface area contributed by atoms with Crippen LogP contribution in [0.1, 0.15) is 62.5 Å². The molecule has 0 radical (unpaired) electrons. The highest BCUT2D eigenvalue weighted by atomic mass is 35.5. The average molecular weight is 263 g/mol. The summed E-state index contributed by atoms with van der Waals surface area (Å²) in [6, 6.07) is 9.18. The zero-order valence-electron chi connectivity index (χ0n) is 11.3. The smallest absolute Gasteiger partial charge is 0.0258 e. The van der Waals surface area contributed by atoms with Crippen molar-refractivity contribution in [2.24, 2.45) is 0 Å². The predicted octanol–water partition coefficient (Wildman–Crippen LogP) is 5.77. The van der Waals surface area contributed by atoms with Crippen LogP contribution < -0.4 is 0 Å². The van der Waals surface area contributed by atoms with Gasteiger partial charge in [-0.05, 0) is 48.8 Å². The van der Waals surface area contributed by atoms with E-state index in [-0.39, 0.29) is 0 Å². The van der Waals surface area contributed by atoms with E-state index in [1.807, 2.05) is 0 Å². The second kappa shape index (κ2) is 6.99. The number of benzene rings is 1. The molecule has 0 N–H and O–H groups in total. The Hall–Kier alpha value is -0.750. The van der Waals surface area contributed by atoms with Gasteiger partial charge in [0.15, 0.2) is 0 Å². The minimum Gasteiger partial charge on any atom is -0.126 e. The summed E-state index contributed by atoms with van der Waals surface area (Å²) in [5.41, 5.74) is 4.20. The van der Waals surface area contributed by atoms with E-state index in [2.05, 4.69) is 37.3 Å². The third-order valence-corrected chi connectivity index (χ3v) is 4.22. The number of hydrogen-bond donors (Lipinski definition) is 0. The van der Waals surface area contributed by atoms with Crippen molar-refractivity contribution in [1.29, 1.82) is 0 Å². The molecule has 1 aliphatic carbocycles. The molecular weight excluding hydrogens is 240 g/mol. The number of hydrogen-bond acceptors (Lipinski definition) is 0. The van der Waals surface area contributed by atoms with E-state index in [1.54, 1.807) is 0 Å². The lowest BCUT2D eigenvalue weighted by Crippen LogP contribution is -2.04. The molecule has 0 heterocycles. The fraction of sp³-hybridized carbons (Fsp3) is 0.529. The van der Waals surface area contributed by atoms with Crippen LogP contribution in [0.25, 0.3) is 5.57 Å². The molecule has 1 aromatic rings. The molecule has 1 saturated carbocycles. The maximum absolute atomic E-state index is 5.72. The summed E-state index contributed by atoms with van der Waals surface area (Å²) in [5, 5.41) is 0. The second-order valence-electron chi connectivity index (χ2n) is 5.32. The highest BCUT2D eigenvalue weighted by Gasteiger charge is 2.14. The topological polar surface area (TPSA) is 0 Å². The first-order chi connectivity index (χ1) is 8.81. The molecule has 0 bridgehead atoms. The molecule has 0 atom stereocenters. The van der Waals surface area contributed by atoms with Crippen LogP contribution in [-0.2, 0) is 0 Å². The normalized spacial score (nSPS) is 18.0. The minimum atomic E-state index is 0.706. The molecule has 2 rings (SSSR count). The first-order valence-electron chi connectivity index (χ1n) is 7.14. The van der Waals surface area contributed by atoms with Gasteiger partial charge in [0.1, 0.15) is 0 Å². The van der Waals surface area contributed by atoms with Crippen molar-refractivity contribution in [3.05, 3.63) is 41.5 Å². The van der Waals surface area contributed by atoms with Crippen molar-refractivity contribution in [3.63, 3.8) is 0 Å². The first kappa shape index (κ1) is 13.7. The fourth-order valence-corrected chi connectivity index (χ4v) is 2.95. The molecule has 0 nitrogen and oxygen atoms in total.